The van der Waals surface area contributed by atoms with E-state index in [2.05, 4.69) is 6.58 Å². The minimum absolute atomic E-state index is 0.0145. The van der Waals surface area contributed by atoms with Crippen LogP contribution in [-0.2, 0) is 17.4 Å². The van der Waals surface area contributed by atoms with E-state index >= 15 is 0 Å². The highest BCUT2D eigenvalue weighted by Crippen LogP contribution is 2.33. The van der Waals surface area contributed by atoms with Crippen molar-refractivity contribution < 1.29 is 22.4 Å². The SMILES string of the molecule is C=CC(=O)Cc1ccc2c(C(F)(F)F)cc(=O)oc2c1. The monoisotopic (exact) mass is 282 g/mol. The Morgan fingerprint density at radius 2 is 2.00 bits per heavy atom. The van der Waals surface area contributed by atoms with Crippen molar-refractivity contribution in [2.75, 3.05) is 0 Å². The van der Waals surface area contributed by atoms with Crippen LogP contribution >= 0.6 is 0 Å². The van der Waals surface area contributed by atoms with Crippen molar-refractivity contribution >= 4 is 16.8 Å². The summed E-state index contributed by atoms with van der Waals surface area (Å²) in [4.78, 5) is 22.4. The van der Waals surface area contributed by atoms with Crippen LogP contribution in [0.4, 0.5) is 13.2 Å². The normalized spacial score (nSPS) is 11.6. The average Bonchev–Trinajstić information content (AvgIpc) is 2.36. The molecule has 0 N–H and O–H groups in total. The third kappa shape index (κ3) is 2.79. The first kappa shape index (κ1) is 14.0. The lowest BCUT2D eigenvalue weighted by molar-refractivity contribution is -0.136. The molecule has 0 radical (unpaired) electrons. The molecule has 3 nitrogen and oxygen atoms in total. The molecule has 0 aliphatic carbocycles. The van der Waals surface area contributed by atoms with Crippen LogP contribution in [0.1, 0.15) is 11.1 Å². The van der Waals surface area contributed by atoms with Gasteiger partial charge in [-0.1, -0.05) is 18.7 Å². The molecule has 1 heterocycles. The van der Waals surface area contributed by atoms with Crippen molar-refractivity contribution in [3.05, 3.63) is 58.5 Å². The van der Waals surface area contributed by atoms with E-state index in [9.17, 15) is 22.8 Å². The number of carbonyl (C=O) groups excluding carboxylic acids is 1. The van der Waals surface area contributed by atoms with E-state index in [0.717, 1.165) is 6.08 Å². The van der Waals surface area contributed by atoms with Gasteiger partial charge in [-0.25, -0.2) is 4.79 Å². The number of fused-ring (bicyclic) bond motifs is 1. The van der Waals surface area contributed by atoms with Gasteiger partial charge in [0.2, 0.25) is 0 Å². The van der Waals surface area contributed by atoms with Crippen LogP contribution in [-0.4, -0.2) is 5.78 Å². The van der Waals surface area contributed by atoms with Crippen LogP contribution in [0.15, 0.2) is 46.1 Å². The summed E-state index contributed by atoms with van der Waals surface area (Å²) < 4.78 is 43.2. The predicted molar refractivity (Wildman–Crippen MR) is 66.4 cm³/mol. The molecule has 6 heteroatoms. The van der Waals surface area contributed by atoms with Gasteiger partial charge in [0.25, 0.3) is 0 Å². The highest BCUT2D eigenvalue weighted by Gasteiger charge is 2.33. The minimum Gasteiger partial charge on any atom is -0.423 e. The van der Waals surface area contributed by atoms with E-state index < -0.39 is 17.4 Å². The average molecular weight is 282 g/mol. The van der Waals surface area contributed by atoms with E-state index in [1.807, 2.05) is 0 Å². The van der Waals surface area contributed by atoms with E-state index in [0.29, 0.717) is 11.6 Å². The lowest BCUT2D eigenvalue weighted by Crippen LogP contribution is -2.11. The molecule has 0 spiro atoms. The second-order valence-electron chi connectivity index (χ2n) is 4.15. The fourth-order valence-electron chi connectivity index (χ4n) is 1.82. The maximum absolute atomic E-state index is 12.8. The summed E-state index contributed by atoms with van der Waals surface area (Å²) in [5.41, 5.74) is -1.88. The highest BCUT2D eigenvalue weighted by molar-refractivity contribution is 5.91. The number of ketones is 1. The Labute approximate surface area is 111 Å². The molecular formula is C14H9F3O3. The molecule has 0 fully saturated rings. The smallest absolute Gasteiger partial charge is 0.417 e. The number of halogens is 3. The molecule has 20 heavy (non-hydrogen) atoms. The summed E-state index contributed by atoms with van der Waals surface area (Å²) in [7, 11) is 0. The molecule has 2 rings (SSSR count). The van der Waals surface area contributed by atoms with Crippen molar-refractivity contribution in [3.8, 4) is 0 Å². The van der Waals surface area contributed by atoms with E-state index in [1.54, 1.807) is 0 Å². The number of carbonyl (C=O) groups is 1. The lowest BCUT2D eigenvalue weighted by Gasteiger charge is -2.09. The van der Waals surface area contributed by atoms with Gasteiger partial charge in [0.05, 0.1) is 5.56 Å². The summed E-state index contributed by atoms with van der Waals surface area (Å²) >= 11 is 0. The van der Waals surface area contributed by atoms with Crippen LogP contribution in [0.3, 0.4) is 0 Å². The number of benzene rings is 1. The Morgan fingerprint density at radius 3 is 2.60 bits per heavy atom. The van der Waals surface area contributed by atoms with Gasteiger partial charge in [-0.05, 0) is 17.7 Å². The van der Waals surface area contributed by atoms with Crippen molar-refractivity contribution in [3.63, 3.8) is 0 Å². The zero-order chi connectivity index (χ0) is 14.9. The first-order valence-corrected chi connectivity index (χ1v) is 5.60. The largest absolute Gasteiger partial charge is 0.423 e. The first-order chi connectivity index (χ1) is 9.31. The molecule has 0 unspecified atom stereocenters. The van der Waals surface area contributed by atoms with Gasteiger partial charge in [0, 0.05) is 17.9 Å². The molecule has 0 aliphatic heterocycles. The number of allylic oxidation sites excluding steroid dienone is 1. The molecule has 0 bridgehead atoms. The standard InChI is InChI=1S/C14H9F3O3/c1-2-9(18)5-8-3-4-10-11(14(15,16)17)7-13(19)20-12(10)6-8/h2-4,6-7H,1,5H2. The van der Waals surface area contributed by atoms with Gasteiger partial charge in [0.1, 0.15) is 5.58 Å². The van der Waals surface area contributed by atoms with Gasteiger partial charge < -0.3 is 4.42 Å². The molecule has 0 amide bonds. The maximum Gasteiger partial charge on any atom is 0.417 e. The molecule has 104 valence electrons. The summed E-state index contributed by atoms with van der Waals surface area (Å²) in [6, 6.07) is 4.25. The van der Waals surface area contributed by atoms with Crippen molar-refractivity contribution in [2.45, 2.75) is 12.6 Å². The van der Waals surface area contributed by atoms with Crippen LogP contribution in [0.25, 0.3) is 11.0 Å². The summed E-state index contributed by atoms with van der Waals surface area (Å²) in [6.07, 6.45) is -3.54. The molecule has 1 aromatic carbocycles. The Hall–Kier alpha value is -2.37. The Kier molecular flexibility index (Phi) is 3.48. The summed E-state index contributed by atoms with van der Waals surface area (Å²) in [6.45, 7) is 3.31. The number of hydrogen-bond donors (Lipinski definition) is 0. The van der Waals surface area contributed by atoms with Crippen LogP contribution in [0.5, 0.6) is 0 Å². The maximum atomic E-state index is 12.8. The zero-order valence-electron chi connectivity index (χ0n) is 10.2. The van der Waals surface area contributed by atoms with Crippen molar-refractivity contribution in [1.82, 2.24) is 0 Å². The van der Waals surface area contributed by atoms with E-state index in [-0.39, 0.29) is 23.2 Å². The number of alkyl halides is 3. The summed E-state index contributed by atoms with van der Waals surface area (Å²) in [5.74, 6) is -0.279. The third-order valence-electron chi connectivity index (χ3n) is 2.72. The quantitative estimate of drug-likeness (QED) is 0.642. The molecule has 2 aromatic rings. The Bertz CT molecular complexity index is 741. The second kappa shape index (κ2) is 4.96. The van der Waals surface area contributed by atoms with Gasteiger partial charge in [-0.3, -0.25) is 4.79 Å². The fourth-order valence-corrected chi connectivity index (χ4v) is 1.82. The highest BCUT2D eigenvalue weighted by atomic mass is 19.4. The first-order valence-electron chi connectivity index (χ1n) is 5.60. The van der Waals surface area contributed by atoms with Crippen LogP contribution in [0, 0.1) is 0 Å². The topological polar surface area (TPSA) is 47.3 Å². The lowest BCUT2D eigenvalue weighted by atomic mass is 10.0. The Morgan fingerprint density at radius 1 is 1.30 bits per heavy atom. The van der Waals surface area contributed by atoms with Gasteiger partial charge in [-0.15, -0.1) is 0 Å². The van der Waals surface area contributed by atoms with Gasteiger partial charge >= 0.3 is 11.8 Å². The Balaban J connectivity index is 2.62. The van der Waals surface area contributed by atoms with Crippen molar-refractivity contribution in [2.24, 2.45) is 0 Å². The van der Waals surface area contributed by atoms with Gasteiger partial charge in [-0.2, -0.15) is 13.2 Å². The van der Waals surface area contributed by atoms with E-state index in [4.69, 9.17) is 4.42 Å². The second-order valence-corrected chi connectivity index (χ2v) is 4.15. The van der Waals surface area contributed by atoms with Gasteiger partial charge in [0.15, 0.2) is 5.78 Å². The molecule has 1 aromatic heterocycles. The molecular weight excluding hydrogens is 273 g/mol. The van der Waals surface area contributed by atoms with Crippen LogP contribution < -0.4 is 5.63 Å². The fraction of sp³-hybridized carbons (Fsp3) is 0.143. The molecule has 0 aliphatic rings. The van der Waals surface area contributed by atoms with Crippen molar-refractivity contribution in [1.29, 1.82) is 0 Å². The molecule has 0 saturated carbocycles. The zero-order valence-corrected chi connectivity index (χ0v) is 10.2. The summed E-state index contributed by atoms with van der Waals surface area (Å²) in [5, 5.41) is -0.216. The van der Waals surface area contributed by atoms with E-state index in [1.165, 1.54) is 18.2 Å². The minimum atomic E-state index is -4.65. The molecule has 0 atom stereocenters. The van der Waals surface area contributed by atoms with Crippen LogP contribution in [0.2, 0.25) is 0 Å². The predicted octanol–water partition coefficient (Wildman–Crippen LogP) is 3.11. The molecule has 0 saturated heterocycles. The number of rotatable bonds is 3. The number of hydrogen-bond acceptors (Lipinski definition) is 3. The third-order valence-corrected chi connectivity index (χ3v) is 2.72.